The van der Waals surface area contributed by atoms with E-state index in [2.05, 4.69) is 5.32 Å². The van der Waals surface area contributed by atoms with Crippen molar-refractivity contribution < 1.29 is 19.2 Å². The molecule has 1 atom stereocenters. The molecule has 3 N–H and O–H groups in total. The van der Waals surface area contributed by atoms with Crippen LogP contribution >= 0.6 is 0 Å². The lowest BCUT2D eigenvalue weighted by molar-refractivity contribution is -0.0268. The molecule has 0 saturated carbocycles. The number of phenolic OH excluding ortho intramolecular Hbond substituents is 1. The van der Waals surface area contributed by atoms with Gasteiger partial charge in [0.05, 0.1) is 16.7 Å². The van der Waals surface area contributed by atoms with Crippen molar-refractivity contribution in [1.29, 1.82) is 5.41 Å². The zero-order valence-corrected chi connectivity index (χ0v) is 18.8. The highest BCUT2D eigenvalue weighted by atomic mass is 16.7. The fourth-order valence-corrected chi connectivity index (χ4v) is 4.51. The molecule has 0 bridgehead atoms. The number of carbonyl (C=O) groups is 1. The molecule has 3 heterocycles. The molecular formula is C28H21N3O4. The summed E-state index contributed by atoms with van der Waals surface area (Å²) in [6.45, 7) is 1.85. The Morgan fingerprint density at radius 3 is 2.37 bits per heavy atom. The average molecular weight is 463 g/mol. The number of Topliss-reactive ketones (excluding diaryl/α,β-unsaturated/α-hetero) is 1. The summed E-state index contributed by atoms with van der Waals surface area (Å²) >= 11 is 0. The number of hydrogen-bond acceptors (Lipinski definition) is 6. The lowest BCUT2D eigenvalue weighted by Gasteiger charge is -2.31. The van der Waals surface area contributed by atoms with E-state index >= 15 is 0 Å². The van der Waals surface area contributed by atoms with Gasteiger partial charge in [-0.1, -0.05) is 72.3 Å². The molecule has 172 valence electrons. The molecule has 0 aliphatic carbocycles. The number of amidine groups is 1. The Kier molecular flexibility index (Phi) is 4.70. The van der Waals surface area contributed by atoms with Gasteiger partial charge in [-0.2, -0.15) is 5.06 Å². The number of carbonyl (C=O) groups excluding carboxylic acids is 1. The van der Waals surface area contributed by atoms with Gasteiger partial charge in [0, 0.05) is 11.1 Å². The number of rotatable bonds is 4. The summed E-state index contributed by atoms with van der Waals surface area (Å²) < 4.78 is 6.31. The number of nitrogens with zero attached hydrogens (tertiary/aromatic N) is 1. The van der Waals surface area contributed by atoms with Crippen LogP contribution < -0.4 is 5.32 Å². The summed E-state index contributed by atoms with van der Waals surface area (Å²) in [6.07, 6.45) is 0.545. The average Bonchev–Trinajstić information content (AvgIpc) is 3.49. The summed E-state index contributed by atoms with van der Waals surface area (Å²) in [7, 11) is 0. The maximum Gasteiger partial charge on any atom is 0.207 e. The molecule has 3 aromatic carbocycles. The van der Waals surface area contributed by atoms with E-state index in [0.29, 0.717) is 17.2 Å². The Labute approximate surface area is 201 Å². The summed E-state index contributed by atoms with van der Waals surface area (Å²) in [6, 6.07) is 24.3. The van der Waals surface area contributed by atoms with Crippen LogP contribution in [0.3, 0.4) is 0 Å². The Balaban J connectivity index is 1.45. The van der Waals surface area contributed by atoms with E-state index in [1.807, 2.05) is 67.6 Å². The standard InChI is InChI=1S/C28H21N3O4/c1-16-12-13-21(32)19(14-16)24(33)20-15-34-31-26(29)23-22(17-8-4-2-5-9-17)25(18-10-6-3-7-11-18)35-28(23)30-27(20)31/h2-15,27,29-30,32H,1H3/t27-/m1/s1. The normalized spacial score (nSPS) is 16.1. The van der Waals surface area contributed by atoms with Gasteiger partial charge in [-0.15, -0.1) is 0 Å². The minimum Gasteiger partial charge on any atom is -0.507 e. The zero-order chi connectivity index (χ0) is 24.1. The maximum atomic E-state index is 13.3. The number of fused-ring (bicyclic) bond motifs is 2. The second-order valence-electron chi connectivity index (χ2n) is 8.49. The molecule has 0 amide bonds. The first-order valence-electron chi connectivity index (χ1n) is 11.2. The van der Waals surface area contributed by atoms with E-state index in [0.717, 1.165) is 22.3 Å². The third-order valence-corrected chi connectivity index (χ3v) is 6.21. The number of phenols is 1. The highest BCUT2D eigenvalue weighted by Crippen LogP contribution is 2.46. The largest absolute Gasteiger partial charge is 0.507 e. The number of aromatic hydroxyl groups is 1. The lowest BCUT2D eigenvalue weighted by atomic mass is 9.95. The van der Waals surface area contributed by atoms with Gasteiger partial charge in [-0.05, 0) is 24.6 Å². The van der Waals surface area contributed by atoms with Crippen molar-refractivity contribution in [3.63, 3.8) is 0 Å². The van der Waals surface area contributed by atoms with Gasteiger partial charge >= 0.3 is 0 Å². The Morgan fingerprint density at radius 1 is 0.971 bits per heavy atom. The van der Waals surface area contributed by atoms with Gasteiger partial charge in [0.1, 0.15) is 17.8 Å². The number of benzene rings is 3. The van der Waals surface area contributed by atoms with Crippen LogP contribution in [0.2, 0.25) is 0 Å². The molecule has 0 unspecified atom stereocenters. The number of hydrogen-bond donors (Lipinski definition) is 3. The molecule has 2 aliphatic heterocycles. The lowest BCUT2D eigenvalue weighted by Crippen LogP contribution is -2.46. The van der Waals surface area contributed by atoms with Crippen molar-refractivity contribution in [2.45, 2.75) is 13.1 Å². The summed E-state index contributed by atoms with van der Waals surface area (Å²) in [4.78, 5) is 19.0. The summed E-state index contributed by atoms with van der Waals surface area (Å²) in [5.74, 6) is 0.573. The Morgan fingerprint density at radius 2 is 1.66 bits per heavy atom. The molecule has 0 spiro atoms. The van der Waals surface area contributed by atoms with E-state index in [1.165, 1.54) is 17.4 Å². The maximum absolute atomic E-state index is 13.3. The molecule has 35 heavy (non-hydrogen) atoms. The van der Waals surface area contributed by atoms with Crippen molar-refractivity contribution in [3.05, 3.63) is 107 Å². The van der Waals surface area contributed by atoms with Crippen LogP contribution in [-0.2, 0) is 4.84 Å². The van der Waals surface area contributed by atoms with Crippen LogP contribution in [0.1, 0.15) is 21.5 Å². The van der Waals surface area contributed by atoms with Gasteiger partial charge in [-0.25, -0.2) is 0 Å². The Hall–Kier alpha value is -4.78. The molecule has 0 fully saturated rings. The monoisotopic (exact) mass is 463 g/mol. The van der Waals surface area contributed by atoms with E-state index < -0.39 is 6.17 Å². The predicted molar refractivity (Wildman–Crippen MR) is 132 cm³/mol. The van der Waals surface area contributed by atoms with E-state index in [-0.39, 0.29) is 28.5 Å². The molecule has 0 saturated heterocycles. The molecule has 6 rings (SSSR count). The zero-order valence-electron chi connectivity index (χ0n) is 18.8. The van der Waals surface area contributed by atoms with Crippen molar-refractivity contribution in [2.75, 3.05) is 5.32 Å². The number of ketones is 1. The van der Waals surface area contributed by atoms with Crippen molar-refractivity contribution in [1.82, 2.24) is 5.06 Å². The molecule has 0 radical (unpaired) electrons. The van der Waals surface area contributed by atoms with Gasteiger partial charge in [-0.3, -0.25) is 10.2 Å². The molecule has 7 heteroatoms. The minimum absolute atomic E-state index is 0.0704. The van der Waals surface area contributed by atoms with Crippen LogP contribution in [0, 0.1) is 12.3 Å². The van der Waals surface area contributed by atoms with Crippen molar-refractivity contribution in [3.8, 4) is 28.2 Å². The van der Waals surface area contributed by atoms with E-state index in [4.69, 9.17) is 14.7 Å². The van der Waals surface area contributed by atoms with Crippen molar-refractivity contribution in [2.24, 2.45) is 0 Å². The second kappa shape index (κ2) is 7.92. The van der Waals surface area contributed by atoms with E-state index in [1.54, 1.807) is 12.1 Å². The quantitative estimate of drug-likeness (QED) is 0.335. The summed E-state index contributed by atoms with van der Waals surface area (Å²) in [5, 5.41) is 23.9. The Bertz CT molecular complexity index is 1510. The van der Waals surface area contributed by atoms with Crippen molar-refractivity contribution >= 4 is 17.5 Å². The fraction of sp³-hybridized carbons (Fsp3) is 0.0714. The van der Waals surface area contributed by atoms with Crippen LogP contribution in [0.4, 0.5) is 5.88 Å². The first kappa shape index (κ1) is 20.8. The van der Waals surface area contributed by atoms with Crippen LogP contribution in [0.15, 0.2) is 95.1 Å². The molecule has 1 aromatic heterocycles. The number of anilines is 1. The van der Waals surface area contributed by atoms with E-state index in [9.17, 15) is 9.90 Å². The topological polar surface area (TPSA) is 98.8 Å². The first-order chi connectivity index (χ1) is 17.0. The van der Waals surface area contributed by atoms with Crippen LogP contribution in [0.25, 0.3) is 22.5 Å². The number of hydroxylamine groups is 2. The molecule has 2 aliphatic rings. The number of aryl methyl sites for hydroxylation is 1. The number of furan rings is 1. The highest BCUT2D eigenvalue weighted by molar-refractivity contribution is 6.15. The van der Waals surface area contributed by atoms with Gasteiger partial charge in [0.2, 0.25) is 5.88 Å². The summed E-state index contributed by atoms with van der Waals surface area (Å²) in [5.41, 5.74) is 4.37. The molecular weight excluding hydrogens is 442 g/mol. The van der Waals surface area contributed by atoms with Gasteiger partial charge < -0.3 is 19.7 Å². The predicted octanol–water partition coefficient (Wildman–Crippen LogP) is 5.72. The van der Waals surface area contributed by atoms with Crippen LogP contribution in [0.5, 0.6) is 5.75 Å². The highest BCUT2D eigenvalue weighted by Gasteiger charge is 2.44. The third kappa shape index (κ3) is 3.28. The molecule has 4 aromatic rings. The fourth-order valence-electron chi connectivity index (χ4n) is 4.51. The molecule has 7 nitrogen and oxygen atoms in total. The third-order valence-electron chi connectivity index (χ3n) is 6.21. The SMILES string of the molecule is Cc1ccc(O)c(C(=O)C2=CON3C(=N)c4c(oc(-c5ccccc5)c4-c4ccccc4)N[C@@H]23)c1. The second-order valence-corrected chi connectivity index (χ2v) is 8.49. The smallest absolute Gasteiger partial charge is 0.207 e. The first-order valence-corrected chi connectivity index (χ1v) is 11.2. The minimum atomic E-state index is -0.777. The number of nitrogens with one attached hydrogen (secondary N) is 2. The van der Waals surface area contributed by atoms with Gasteiger partial charge in [0.25, 0.3) is 0 Å². The van der Waals surface area contributed by atoms with Gasteiger partial charge in [0.15, 0.2) is 17.8 Å². The van der Waals surface area contributed by atoms with Crippen LogP contribution in [-0.4, -0.2) is 28.0 Å².